The number of aliphatic hydroxyl groups is 1. The molecule has 23 heavy (non-hydrogen) atoms. The van der Waals surface area contributed by atoms with E-state index >= 15 is 0 Å². The molecule has 0 saturated heterocycles. The lowest BCUT2D eigenvalue weighted by Gasteiger charge is -2.16. The van der Waals surface area contributed by atoms with Crippen molar-refractivity contribution >= 4 is 0 Å². The van der Waals surface area contributed by atoms with E-state index in [0.717, 1.165) is 28.9 Å². The number of alkyl halides is 1. The van der Waals surface area contributed by atoms with Gasteiger partial charge < -0.3 is 10.4 Å². The highest BCUT2D eigenvalue weighted by atomic mass is 19.1. The largest absolute Gasteiger partial charge is 0.388 e. The molecule has 0 fully saturated rings. The van der Waals surface area contributed by atoms with Gasteiger partial charge in [0.2, 0.25) is 0 Å². The van der Waals surface area contributed by atoms with Crippen LogP contribution in [-0.2, 0) is 6.54 Å². The fourth-order valence-electron chi connectivity index (χ4n) is 2.29. The lowest BCUT2D eigenvalue weighted by atomic mass is 9.96. The SMILES string of the molecule is CC(C)NCc1ccc(-c2ccc(C(O)C(C)CF)cc2)cn1. The maximum atomic E-state index is 12.6. The van der Waals surface area contributed by atoms with E-state index in [9.17, 15) is 9.50 Å². The average Bonchev–Trinajstić information content (AvgIpc) is 2.59. The number of nitrogens with one attached hydrogen (secondary N) is 1. The summed E-state index contributed by atoms with van der Waals surface area (Å²) >= 11 is 0. The molecule has 2 rings (SSSR count). The third kappa shape index (κ3) is 4.85. The molecule has 4 heteroatoms. The van der Waals surface area contributed by atoms with Crippen LogP contribution < -0.4 is 5.32 Å². The lowest BCUT2D eigenvalue weighted by molar-refractivity contribution is 0.102. The smallest absolute Gasteiger partial charge is 0.0948 e. The number of hydrogen-bond donors (Lipinski definition) is 2. The summed E-state index contributed by atoms with van der Waals surface area (Å²) in [5.41, 5.74) is 3.80. The highest BCUT2D eigenvalue weighted by Gasteiger charge is 2.16. The minimum absolute atomic E-state index is 0.393. The van der Waals surface area contributed by atoms with Crippen LogP contribution in [0.1, 0.15) is 38.1 Å². The van der Waals surface area contributed by atoms with E-state index in [1.54, 1.807) is 6.92 Å². The summed E-state index contributed by atoms with van der Waals surface area (Å²) in [6.45, 7) is 6.14. The first kappa shape index (κ1) is 17.6. The van der Waals surface area contributed by atoms with Crippen LogP contribution in [0.15, 0.2) is 42.6 Å². The summed E-state index contributed by atoms with van der Waals surface area (Å²) < 4.78 is 12.6. The van der Waals surface area contributed by atoms with Crippen LogP contribution in [0.25, 0.3) is 11.1 Å². The highest BCUT2D eigenvalue weighted by molar-refractivity contribution is 5.62. The molecule has 2 aromatic rings. The van der Waals surface area contributed by atoms with Gasteiger partial charge >= 0.3 is 0 Å². The van der Waals surface area contributed by atoms with E-state index in [2.05, 4.69) is 24.1 Å². The Balaban J connectivity index is 2.07. The van der Waals surface area contributed by atoms with E-state index in [1.165, 1.54) is 0 Å². The molecule has 2 atom stereocenters. The Kier molecular flexibility index (Phi) is 6.25. The standard InChI is InChI=1S/C19H25FN2O/c1-13(2)21-12-18-9-8-17(11-22-18)15-4-6-16(7-5-15)19(23)14(3)10-20/h4-9,11,13-14,19,21,23H,10,12H2,1-3H3. The van der Waals surface area contributed by atoms with Gasteiger partial charge in [0.1, 0.15) is 0 Å². The molecule has 1 aromatic carbocycles. The predicted molar refractivity (Wildman–Crippen MR) is 91.7 cm³/mol. The lowest BCUT2D eigenvalue weighted by Crippen LogP contribution is -2.22. The van der Waals surface area contributed by atoms with Crippen molar-refractivity contribution in [2.45, 2.75) is 39.5 Å². The van der Waals surface area contributed by atoms with Gasteiger partial charge in [-0.05, 0) is 17.2 Å². The molecule has 0 aliphatic carbocycles. The first-order valence-electron chi connectivity index (χ1n) is 8.04. The predicted octanol–water partition coefficient (Wildman–Crippen LogP) is 3.89. The van der Waals surface area contributed by atoms with Crippen LogP contribution in [-0.4, -0.2) is 22.8 Å². The number of pyridine rings is 1. The monoisotopic (exact) mass is 316 g/mol. The first-order chi connectivity index (χ1) is 11.0. The Hall–Kier alpha value is -1.78. The minimum atomic E-state index is -0.767. The third-order valence-electron chi connectivity index (χ3n) is 3.88. The van der Waals surface area contributed by atoms with Gasteiger partial charge in [0.05, 0.1) is 18.5 Å². The summed E-state index contributed by atoms with van der Waals surface area (Å²) in [4.78, 5) is 4.46. The zero-order valence-corrected chi connectivity index (χ0v) is 14.0. The molecule has 124 valence electrons. The van der Waals surface area contributed by atoms with E-state index in [-0.39, 0.29) is 0 Å². The number of aromatic nitrogens is 1. The number of aliphatic hydroxyl groups excluding tert-OH is 1. The molecule has 0 amide bonds. The first-order valence-corrected chi connectivity index (χ1v) is 8.04. The highest BCUT2D eigenvalue weighted by Crippen LogP contribution is 2.25. The topological polar surface area (TPSA) is 45.1 Å². The normalized spacial score (nSPS) is 14.0. The van der Waals surface area contributed by atoms with Crippen molar-refractivity contribution in [3.63, 3.8) is 0 Å². The molecule has 1 aromatic heterocycles. The van der Waals surface area contributed by atoms with Crippen LogP contribution in [0.2, 0.25) is 0 Å². The van der Waals surface area contributed by atoms with Crippen LogP contribution in [0.3, 0.4) is 0 Å². The quantitative estimate of drug-likeness (QED) is 0.814. The molecule has 1 heterocycles. The number of nitrogens with zero attached hydrogens (tertiary/aromatic N) is 1. The van der Waals surface area contributed by atoms with Crippen molar-refractivity contribution in [1.82, 2.24) is 10.3 Å². The summed E-state index contributed by atoms with van der Waals surface area (Å²) in [6, 6.07) is 12.1. The Bertz CT molecular complexity index is 596. The molecule has 0 aliphatic heterocycles. The van der Waals surface area contributed by atoms with Gasteiger partial charge in [-0.2, -0.15) is 0 Å². The second-order valence-electron chi connectivity index (χ2n) is 6.27. The number of hydrogen-bond acceptors (Lipinski definition) is 3. The average molecular weight is 316 g/mol. The fourth-order valence-corrected chi connectivity index (χ4v) is 2.29. The van der Waals surface area contributed by atoms with Crippen LogP contribution in [0.4, 0.5) is 4.39 Å². The molecule has 2 N–H and O–H groups in total. The molecule has 0 radical (unpaired) electrons. The molecule has 0 saturated carbocycles. The third-order valence-corrected chi connectivity index (χ3v) is 3.88. The van der Waals surface area contributed by atoms with E-state index in [1.807, 2.05) is 42.6 Å². The van der Waals surface area contributed by atoms with E-state index < -0.39 is 18.7 Å². The number of benzene rings is 1. The van der Waals surface area contributed by atoms with Gasteiger partial charge in [0, 0.05) is 30.3 Å². The zero-order valence-electron chi connectivity index (χ0n) is 14.0. The maximum absolute atomic E-state index is 12.6. The minimum Gasteiger partial charge on any atom is -0.388 e. The van der Waals surface area contributed by atoms with Crippen molar-refractivity contribution in [2.75, 3.05) is 6.67 Å². The van der Waals surface area contributed by atoms with Crippen LogP contribution >= 0.6 is 0 Å². The molecular formula is C19H25FN2O. The zero-order chi connectivity index (χ0) is 16.8. The van der Waals surface area contributed by atoms with Crippen molar-refractivity contribution in [3.05, 3.63) is 53.9 Å². The van der Waals surface area contributed by atoms with Gasteiger partial charge in [-0.15, -0.1) is 0 Å². The Morgan fingerprint density at radius 1 is 1.04 bits per heavy atom. The van der Waals surface area contributed by atoms with Gasteiger partial charge in [0.15, 0.2) is 0 Å². The number of rotatable bonds is 7. The fraction of sp³-hybridized carbons (Fsp3) is 0.421. The van der Waals surface area contributed by atoms with Gasteiger partial charge in [0.25, 0.3) is 0 Å². The maximum Gasteiger partial charge on any atom is 0.0948 e. The van der Waals surface area contributed by atoms with Gasteiger partial charge in [-0.1, -0.05) is 51.1 Å². The van der Waals surface area contributed by atoms with Gasteiger partial charge in [-0.25, -0.2) is 0 Å². The molecule has 0 aliphatic rings. The van der Waals surface area contributed by atoms with Crippen molar-refractivity contribution in [2.24, 2.45) is 5.92 Å². The number of halogens is 1. The molecular weight excluding hydrogens is 291 g/mol. The second-order valence-corrected chi connectivity index (χ2v) is 6.27. The molecule has 3 nitrogen and oxygen atoms in total. The Morgan fingerprint density at radius 2 is 1.70 bits per heavy atom. The summed E-state index contributed by atoms with van der Waals surface area (Å²) in [6.07, 6.45) is 1.09. The van der Waals surface area contributed by atoms with Crippen molar-refractivity contribution < 1.29 is 9.50 Å². The molecule has 2 unspecified atom stereocenters. The summed E-state index contributed by atoms with van der Waals surface area (Å²) in [7, 11) is 0. The Morgan fingerprint density at radius 3 is 2.22 bits per heavy atom. The van der Waals surface area contributed by atoms with Crippen LogP contribution in [0.5, 0.6) is 0 Å². The summed E-state index contributed by atoms with van der Waals surface area (Å²) in [5, 5.41) is 13.4. The summed E-state index contributed by atoms with van der Waals surface area (Å²) in [5.74, 6) is -0.393. The van der Waals surface area contributed by atoms with Crippen molar-refractivity contribution in [3.8, 4) is 11.1 Å². The van der Waals surface area contributed by atoms with Crippen LogP contribution in [0, 0.1) is 5.92 Å². The molecule has 0 bridgehead atoms. The van der Waals surface area contributed by atoms with E-state index in [4.69, 9.17) is 0 Å². The Labute approximate surface area is 137 Å². The van der Waals surface area contributed by atoms with Crippen molar-refractivity contribution in [1.29, 1.82) is 0 Å². The van der Waals surface area contributed by atoms with E-state index in [0.29, 0.717) is 6.04 Å². The molecule has 0 spiro atoms. The van der Waals surface area contributed by atoms with Gasteiger partial charge in [-0.3, -0.25) is 9.37 Å². The second kappa shape index (κ2) is 8.18.